The quantitative estimate of drug-likeness (QED) is 0.854. The van der Waals surface area contributed by atoms with Gasteiger partial charge in [-0.2, -0.15) is 4.57 Å². The molecule has 104 valence electrons. The van der Waals surface area contributed by atoms with Crippen LogP contribution in [0.3, 0.4) is 0 Å². The lowest BCUT2D eigenvalue weighted by atomic mass is 10.1. The molecular formula is C17H21N2O+. The molecule has 0 aliphatic carbocycles. The Balaban J connectivity index is 2.11. The molecule has 0 saturated carbocycles. The molecule has 1 amide bonds. The van der Waals surface area contributed by atoms with Crippen molar-refractivity contribution >= 4 is 11.6 Å². The zero-order chi connectivity index (χ0) is 14.7. The highest BCUT2D eigenvalue weighted by Crippen LogP contribution is 2.15. The number of benzene rings is 1. The molecule has 0 spiro atoms. The number of aryl methyl sites for hydroxylation is 3. The van der Waals surface area contributed by atoms with E-state index in [-0.39, 0.29) is 5.91 Å². The molecule has 1 aromatic heterocycles. The highest BCUT2D eigenvalue weighted by Gasteiger charge is 2.14. The molecule has 0 fully saturated rings. The molecule has 3 heteroatoms. The summed E-state index contributed by atoms with van der Waals surface area (Å²) in [6.07, 6.45) is 1.93. The number of amides is 1. The number of aromatic nitrogens is 1. The summed E-state index contributed by atoms with van der Waals surface area (Å²) in [6.45, 7) is 8.46. The molecule has 0 aliphatic rings. The van der Waals surface area contributed by atoms with E-state index in [2.05, 4.69) is 11.4 Å². The van der Waals surface area contributed by atoms with Gasteiger partial charge in [0.05, 0.1) is 0 Å². The van der Waals surface area contributed by atoms with E-state index in [0.717, 1.165) is 16.9 Å². The SMILES string of the molecule is Cc1ccc(NC(=O)C[n+]2cccc(C)c2C)c(C)c1. The van der Waals surface area contributed by atoms with Crippen LogP contribution in [0.2, 0.25) is 0 Å². The molecular weight excluding hydrogens is 248 g/mol. The van der Waals surface area contributed by atoms with E-state index < -0.39 is 0 Å². The van der Waals surface area contributed by atoms with Gasteiger partial charge in [0.2, 0.25) is 6.54 Å². The Morgan fingerprint density at radius 2 is 1.85 bits per heavy atom. The molecule has 3 nitrogen and oxygen atoms in total. The summed E-state index contributed by atoms with van der Waals surface area (Å²) in [5, 5.41) is 2.97. The summed E-state index contributed by atoms with van der Waals surface area (Å²) in [5.41, 5.74) is 5.47. The van der Waals surface area contributed by atoms with Gasteiger partial charge in [-0.05, 0) is 38.5 Å². The maximum absolute atomic E-state index is 12.2. The van der Waals surface area contributed by atoms with Crippen LogP contribution in [-0.2, 0) is 11.3 Å². The van der Waals surface area contributed by atoms with E-state index in [0.29, 0.717) is 6.54 Å². The molecule has 1 aromatic carbocycles. The third kappa shape index (κ3) is 3.23. The smallest absolute Gasteiger partial charge is 0.290 e. The first-order valence-electron chi connectivity index (χ1n) is 6.80. The number of carbonyl (C=O) groups excluding carboxylic acids is 1. The van der Waals surface area contributed by atoms with Gasteiger partial charge in [0.25, 0.3) is 5.91 Å². The number of anilines is 1. The fourth-order valence-electron chi connectivity index (χ4n) is 2.22. The van der Waals surface area contributed by atoms with E-state index >= 15 is 0 Å². The van der Waals surface area contributed by atoms with Crippen molar-refractivity contribution in [3.05, 3.63) is 58.9 Å². The molecule has 0 saturated heterocycles. The van der Waals surface area contributed by atoms with Crippen LogP contribution in [0, 0.1) is 27.7 Å². The number of nitrogens with one attached hydrogen (secondary N) is 1. The Kier molecular flexibility index (Phi) is 4.18. The van der Waals surface area contributed by atoms with Gasteiger partial charge in [0.1, 0.15) is 0 Å². The summed E-state index contributed by atoms with van der Waals surface area (Å²) in [7, 11) is 0. The lowest BCUT2D eigenvalue weighted by Gasteiger charge is -2.08. The number of rotatable bonds is 3. The van der Waals surface area contributed by atoms with E-state index in [4.69, 9.17) is 0 Å². The van der Waals surface area contributed by atoms with Crippen LogP contribution in [0.1, 0.15) is 22.4 Å². The van der Waals surface area contributed by atoms with Crippen LogP contribution in [-0.4, -0.2) is 5.91 Å². The summed E-state index contributed by atoms with van der Waals surface area (Å²) >= 11 is 0. The fraction of sp³-hybridized carbons (Fsp3) is 0.294. The Hall–Kier alpha value is -2.16. The van der Waals surface area contributed by atoms with Gasteiger partial charge in [-0.3, -0.25) is 4.79 Å². The lowest BCUT2D eigenvalue weighted by Crippen LogP contribution is -2.43. The van der Waals surface area contributed by atoms with Crippen molar-refractivity contribution in [1.29, 1.82) is 0 Å². The highest BCUT2D eigenvalue weighted by molar-refractivity contribution is 5.90. The molecule has 0 radical (unpaired) electrons. The first kappa shape index (κ1) is 14.3. The van der Waals surface area contributed by atoms with Crippen LogP contribution in [0.4, 0.5) is 5.69 Å². The van der Waals surface area contributed by atoms with Crippen molar-refractivity contribution in [3.8, 4) is 0 Å². The fourth-order valence-corrected chi connectivity index (χ4v) is 2.22. The van der Waals surface area contributed by atoms with Crippen molar-refractivity contribution < 1.29 is 9.36 Å². The minimum Gasteiger partial charge on any atom is -0.320 e. The Bertz CT molecular complexity index is 647. The maximum Gasteiger partial charge on any atom is 0.290 e. The van der Waals surface area contributed by atoms with Crippen molar-refractivity contribution in [2.75, 3.05) is 5.32 Å². The van der Waals surface area contributed by atoms with Crippen molar-refractivity contribution in [2.45, 2.75) is 34.2 Å². The predicted molar refractivity (Wildman–Crippen MR) is 80.7 cm³/mol. The average Bonchev–Trinajstić information content (AvgIpc) is 2.38. The van der Waals surface area contributed by atoms with Crippen molar-refractivity contribution in [2.24, 2.45) is 0 Å². The van der Waals surface area contributed by atoms with Gasteiger partial charge in [-0.25, -0.2) is 0 Å². The molecule has 2 aromatic rings. The molecule has 0 atom stereocenters. The third-order valence-electron chi connectivity index (χ3n) is 3.58. The summed E-state index contributed by atoms with van der Waals surface area (Å²) in [6, 6.07) is 10.0. The van der Waals surface area contributed by atoms with E-state index in [1.807, 2.05) is 62.7 Å². The summed E-state index contributed by atoms with van der Waals surface area (Å²) in [4.78, 5) is 12.2. The zero-order valence-corrected chi connectivity index (χ0v) is 12.5. The van der Waals surface area contributed by atoms with Crippen molar-refractivity contribution in [3.63, 3.8) is 0 Å². The number of carbonyl (C=O) groups is 1. The van der Waals surface area contributed by atoms with Crippen molar-refractivity contribution in [1.82, 2.24) is 0 Å². The number of nitrogens with zero attached hydrogens (tertiary/aromatic N) is 1. The van der Waals surface area contributed by atoms with Crippen LogP contribution < -0.4 is 9.88 Å². The normalized spacial score (nSPS) is 10.4. The molecule has 20 heavy (non-hydrogen) atoms. The summed E-state index contributed by atoms with van der Waals surface area (Å²) < 4.78 is 1.97. The second-order valence-electron chi connectivity index (χ2n) is 5.27. The van der Waals surface area contributed by atoms with Gasteiger partial charge >= 0.3 is 0 Å². The Morgan fingerprint density at radius 3 is 2.55 bits per heavy atom. The zero-order valence-electron chi connectivity index (χ0n) is 12.5. The number of hydrogen-bond donors (Lipinski definition) is 1. The Morgan fingerprint density at radius 1 is 1.10 bits per heavy atom. The monoisotopic (exact) mass is 269 g/mol. The molecule has 1 N–H and O–H groups in total. The van der Waals surface area contributed by atoms with E-state index in [9.17, 15) is 4.79 Å². The van der Waals surface area contributed by atoms with Crippen LogP contribution in [0.5, 0.6) is 0 Å². The van der Waals surface area contributed by atoms with Crippen LogP contribution in [0.15, 0.2) is 36.5 Å². The number of hydrogen-bond acceptors (Lipinski definition) is 1. The topological polar surface area (TPSA) is 33.0 Å². The molecule has 1 heterocycles. The standard InChI is InChI=1S/C17H20N2O/c1-12-7-8-16(14(3)10-12)18-17(20)11-19-9-5-6-13(2)15(19)4/h5-10H,11H2,1-4H3/p+1. The lowest BCUT2D eigenvalue weighted by molar-refractivity contribution is -0.690. The minimum atomic E-state index is -0.00402. The first-order valence-corrected chi connectivity index (χ1v) is 6.80. The van der Waals surface area contributed by atoms with E-state index in [1.54, 1.807) is 0 Å². The van der Waals surface area contributed by atoms with Crippen LogP contribution in [0.25, 0.3) is 0 Å². The van der Waals surface area contributed by atoms with Gasteiger partial charge in [0, 0.05) is 24.2 Å². The second kappa shape index (κ2) is 5.87. The van der Waals surface area contributed by atoms with Gasteiger partial charge in [-0.15, -0.1) is 0 Å². The highest BCUT2D eigenvalue weighted by atomic mass is 16.1. The third-order valence-corrected chi connectivity index (χ3v) is 3.58. The average molecular weight is 269 g/mol. The largest absolute Gasteiger partial charge is 0.320 e. The maximum atomic E-state index is 12.2. The molecule has 0 aliphatic heterocycles. The van der Waals surface area contributed by atoms with Gasteiger partial charge in [0.15, 0.2) is 11.9 Å². The Labute approximate surface area is 120 Å². The van der Waals surface area contributed by atoms with Gasteiger partial charge in [-0.1, -0.05) is 17.7 Å². The predicted octanol–water partition coefficient (Wildman–Crippen LogP) is 2.85. The van der Waals surface area contributed by atoms with Gasteiger partial charge < -0.3 is 5.32 Å². The molecule has 2 rings (SSSR count). The van der Waals surface area contributed by atoms with Crippen LogP contribution >= 0.6 is 0 Å². The summed E-state index contributed by atoms with van der Waals surface area (Å²) in [5.74, 6) is -0.00402. The molecule has 0 bridgehead atoms. The number of pyridine rings is 1. The molecule has 0 unspecified atom stereocenters. The first-order chi connectivity index (χ1) is 9.47. The van der Waals surface area contributed by atoms with E-state index in [1.165, 1.54) is 11.1 Å². The second-order valence-corrected chi connectivity index (χ2v) is 5.27. The minimum absolute atomic E-state index is 0.00402.